The van der Waals surface area contributed by atoms with Gasteiger partial charge in [-0.3, -0.25) is 4.79 Å². The molecule has 86 valence electrons. The van der Waals surface area contributed by atoms with Crippen molar-refractivity contribution in [2.45, 2.75) is 26.2 Å². The Bertz CT molecular complexity index is 367. The second-order valence-electron chi connectivity index (χ2n) is 4.50. The van der Waals surface area contributed by atoms with Crippen LogP contribution in [0.1, 0.15) is 35.2 Å². The molecule has 2 rings (SSSR count). The van der Waals surface area contributed by atoms with Gasteiger partial charge in [-0.25, -0.2) is 0 Å². The Labute approximate surface area is 102 Å². The molecular weight excluding hydrogens is 216 g/mol. The molecule has 0 aliphatic carbocycles. The van der Waals surface area contributed by atoms with Crippen molar-refractivity contribution in [3.8, 4) is 0 Å². The highest BCUT2D eigenvalue weighted by molar-refractivity contribution is 7.99. The topological polar surface area (TPSA) is 17.1 Å². The number of carbonyl (C=O) groups excluding carboxylic acids is 1. The summed E-state index contributed by atoms with van der Waals surface area (Å²) in [6.07, 6.45) is 3.16. The normalized spacial score (nSPS) is 17.3. The first-order chi connectivity index (χ1) is 7.77. The van der Waals surface area contributed by atoms with Crippen LogP contribution >= 0.6 is 11.8 Å². The fraction of sp³-hybridized carbons (Fsp3) is 0.500. The van der Waals surface area contributed by atoms with E-state index in [1.54, 1.807) is 0 Å². The number of rotatable bonds is 3. The van der Waals surface area contributed by atoms with Gasteiger partial charge >= 0.3 is 0 Å². The second-order valence-corrected chi connectivity index (χ2v) is 5.72. The number of hydrogen-bond acceptors (Lipinski definition) is 2. The maximum Gasteiger partial charge on any atom is 0.163 e. The van der Waals surface area contributed by atoms with E-state index in [0.29, 0.717) is 11.7 Å². The molecule has 1 saturated heterocycles. The Morgan fingerprint density at radius 1 is 1.31 bits per heavy atom. The smallest absolute Gasteiger partial charge is 0.163 e. The molecule has 0 radical (unpaired) electrons. The minimum Gasteiger partial charge on any atom is -0.294 e. The third kappa shape index (κ3) is 2.88. The van der Waals surface area contributed by atoms with Gasteiger partial charge in [0.1, 0.15) is 0 Å². The monoisotopic (exact) mass is 234 g/mol. The maximum absolute atomic E-state index is 12.1. The predicted molar refractivity (Wildman–Crippen MR) is 70.2 cm³/mol. The van der Waals surface area contributed by atoms with Gasteiger partial charge in [0, 0.05) is 12.0 Å². The zero-order valence-electron chi connectivity index (χ0n) is 9.74. The molecular formula is C14H18OS. The Morgan fingerprint density at radius 3 is 2.69 bits per heavy atom. The molecule has 0 aromatic heterocycles. The molecule has 2 heteroatoms. The molecule has 0 bridgehead atoms. The molecule has 1 aromatic rings. The van der Waals surface area contributed by atoms with Crippen LogP contribution in [0.2, 0.25) is 0 Å². The summed E-state index contributed by atoms with van der Waals surface area (Å²) >= 11 is 2.01. The summed E-state index contributed by atoms with van der Waals surface area (Å²) in [5, 5.41) is 0. The number of ketones is 1. The molecule has 0 amide bonds. The average molecular weight is 234 g/mol. The predicted octanol–water partition coefficient (Wildman–Crippen LogP) is 3.71. The van der Waals surface area contributed by atoms with Gasteiger partial charge in [0.2, 0.25) is 0 Å². The highest BCUT2D eigenvalue weighted by atomic mass is 32.2. The first kappa shape index (κ1) is 11.7. The van der Waals surface area contributed by atoms with E-state index in [0.717, 1.165) is 17.5 Å². The third-order valence-electron chi connectivity index (χ3n) is 3.26. The zero-order chi connectivity index (χ0) is 11.4. The summed E-state index contributed by atoms with van der Waals surface area (Å²) in [4.78, 5) is 12.1. The molecule has 1 nitrogen and oxygen atoms in total. The van der Waals surface area contributed by atoms with E-state index in [1.165, 1.54) is 24.3 Å². The van der Waals surface area contributed by atoms with Crippen LogP contribution in [-0.2, 0) is 0 Å². The fourth-order valence-electron chi connectivity index (χ4n) is 2.21. The Hall–Kier alpha value is -0.760. The Morgan fingerprint density at radius 2 is 2.00 bits per heavy atom. The van der Waals surface area contributed by atoms with Crippen LogP contribution in [-0.4, -0.2) is 17.3 Å². The Balaban J connectivity index is 2.00. The minimum atomic E-state index is 0.329. The lowest BCUT2D eigenvalue weighted by atomic mass is 9.92. The molecule has 0 unspecified atom stereocenters. The molecule has 0 atom stereocenters. The van der Waals surface area contributed by atoms with E-state index < -0.39 is 0 Å². The van der Waals surface area contributed by atoms with Crippen LogP contribution in [0.5, 0.6) is 0 Å². The number of hydrogen-bond donors (Lipinski definition) is 0. The number of aryl methyl sites for hydroxylation is 1. The van der Waals surface area contributed by atoms with Crippen molar-refractivity contribution in [2.75, 3.05) is 11.5 Å². The van der Waals surface area contributed by atoms with E-state index in [2.05, 4.69) is 0 Å². The number of thioether (sulfide) groups is 1. The summed E-state index contributed by atoms with van der Waals surface area (Å²) in [5.74, 6) is 3.40. The highest BCUT2D eigenvalue weighted by Crippen LogP contribution is 2.26. The summed E-state index contributed by atoms with van der Waals surface area (Å²) in [5.41, 5.74) is 2.03. The first-order valence-electron chi connectivity index (χ1n) is 5.94. The van der Waals surface area contributed by atoms with Gasteiger partial charge in [0.15, 0.2) is 5.78 Å². The van der Waals surface area contributed by atoms with Crippen molar-refractivity contribution >= 4 is 17.5 Å². The van der Waals surface area contributed by atoms with Crippen LogP contribution in [0.15, 0.2) is 24.3 Å². The zero-order valence-corrected chi connectivity index (χ0v) is 10.6. The lowest BCUT2D eigenvalue weighted by Crippen LogP contribution is -2.15. The molecule has 1 fully saturated rings. The molecule has 1 aromatic carbocycles. The summed E-state index contributed by atoms with van der Waals surface area (Å²) in [7, 11) is 0. The summed E-state index contributed by atoms with van der Waals surface area (Å²) in [6, 6.07) is 7.92. The minimum absolute atomic E-state index is 0.329. The van der Waals surface area contributed by atoms with E-state index >= 15 is 0 Å². The van der Waals surface area contributed by atoms with Crippen molar-refractivity contribution in [1.29, 1.82) is 0 Å². The number of benzene rings is 1. The number of carbonyl (C=O) groups is 1. The van der Waals surface area contributed by atoms with Gasteiger partial charge in [-0.05, 0) is 42.8 Å². The van der Waals surface area contributed by atoms with E-state index in [4.69, 9.17) is 0 Å². The van der Waals surface area contributed by atoms with E-state index in [-0.39, 0.29) is 0 Å². The largest absolute Gasteiger partial charge is 0.294 e. The van der Waals surface area contributed by atoms with Crippen LogP contribution in [0.25, 0.3) is 0 Å². The van der Waals surface area contributed by atoms with Crippen LogP contribution in [0.3, 0.4) is 0 Å². The molecule has 1 aliphatic rings. The SMILES string of the molecule is Cc1ccccc1C(=O)CC1CCSCC1. The van der Waals surface area contributed by atoms with Crippen molar-refractivity contribution in [3.63, 3.8) is 0 Å². The van der Waals surface area contributed by atoms with E-state index in [1.807, 2.05) is 43.0 Å². The standard InChI is InChI=1S/C14H18OS/c1-11-4-2-3-5-13(11)14(15)10-12-6-8-16-9-7-12/h2-5,12H,6-10H2,1H3. The van der Waals surface area contributed by atoms with Crippen molar-refractivity contribution in [1.82, 2.24) is 0 Å². The van der Waals surface area contributed by atoms with Gasteiger partial charge in [-0.15, -0.1) is 0 Å². The van der Waals surface area contributed by atoms with Crippen LogP contribution in [0.4, 0.5) is 0 Å². The third-order valence-corrected chi connectivity index (χ3v) is 4.31. The fourth-order valence-corrected chi connectivity index (χ4v) is 3.41. The molecule has 16 heavy (non-hydrogen) atoms. The molecule has 0 spiro atoms. The van der Waals surface area contributed by atoms with Crippen molar-refractivity contribution in [2.24, 2.45) is 5.92 Å². The quantitative estimate of drug-likeness (QED) is 0.742. The maximum atomic E-state index is 12.1. The van der Waals surface area contributed by atoms with E-state index in [9.17, 15) is 4.79 Å². The first-order valence-corrected chi connectivity index (χ1v) is 7.09. The van der Waals surface area contributed by atoms with Gasteiger partial charge < -0.3 is 0 Å². The molecule has 0 saturated carbocycles. The molecule has 0 N–H and O–H groups in total. The summed E-state index contributed by atoms with van der Waals surface area (Å²) in [6.45, 7) is 2.02. The van der Waals surface area contributed by atoms with Crippen molar-refractivity contribution in [3.05, 3.63) is 35.4 Å². The number of Topliss-reactive ketones (excluding diaryl/α,β-unsaturated/α-hetero) is 1. The Kier molecular flexibility index (Phi) is 4.05. The van der Waals surface area contributed by atoms with Gasteiger partial charge in [-0.1, -0.05) is 24.3 Å². The van der Waals surface area contributed by atoms with Gasteiger partial charge in [0.25, 0.3) is 0 Å². The summed E-state index contributed by atoms with van der Waals surface area (Å²) < 4.78 is 0. The van der Waals surface area contributed by atoms with Crippen LogP contribution in [0, 0.1) is 12.8 Å². The van der Waals surface area contributed by atoms with Crippen LogP contribution < -0.4 is 0 Å². The lowest BCUT2D eigenvalue weighted by molar-refractivity contribution is 0.0958. The highest BCUT2D eigenvalue weighted by Gasteiger charge is 2.18. The van der Waals surface area contributed by atoms with Gasteiger partial charge in [0.05, 0.1) is 0 Å². The molecule has 1 heterocycles. The van der Waals surface area contributed by atoms with Crippen molar-refractivity contribution < 1.29 is 4.79 Å². The average Bonchev–Trinajstić information content (AvgIpc) is 2.31. The van der Waals surface area contributed by atoms with Gasteiger partial charge in [-0.2, -0.15) is 11.8 Å². The lowest BCUT2D eigenvalue weighted by Gasteiger charge is -2.20. The molecule has 1 aliphatic heterocycles. The second kappa shape index (κ2) is 5.53.